The third-order valence-corrected chi connectivity index (χ3v) is 6.41. The fourth-order valence-electron chi connectivity index (χ4n) is 4.46. The summed E-state index contributed by atoms with van der Waals surface area (Å²) in [5.74, 6) is -0.799. The Hall–Kier alpha value is -4.42. The van der Waals surface area contributed by atoms with E-state index in [9.17, 15) is 9.59 Å². The largest absolute Gasteiger partial charge is 0.269 e. The fourth-order valence-corrected chi connectivity index (χ4v) is 4.67. The standard InChI is InChI=1S/C28H17ClN4O2/c29-26-24(30-14-15-31-26)25(33-27(34)20-8-4-5-9-21(20)28(33)35)19-11-10-18-12-13-22(32-23(18)16-19)17-6-2-1-3-7-17/h1-16,25H/t25-/m0/s1. The minimum absolute atomic E-state index is 0.125. The first-order chi connectivity index (χ1) is 17.1. The van der Waals surface area contributed by atoms with Crippen LogP contribution in [0.3, 0.4) is 0 Å². The Labute approximate surface area is 205 Å². The lowest BCUT2D eigenvalue weighted by atomic mass is 9.99. The molecule has 2 amide bonds. The van der Waals surface area contributed by atoms with Crippen molar-refractivity contribution in [2.45, 2.75) is 6.04 Å². The van der Waals surface area contributed by atoms with Crippen LogP contribution < -0.4 is 0 Å². The van der Waals surface area contributed by atoms with E-state index >= 15 is 0 Å². The van der Waals surface area contributed by atoms with Crippen LogP contribution in [0.25, 0.3) is 22.2 Å². The highest BCUT2D eigenvalue weighted by Gasteiger charge is 2.42. The average molecular weight is 477 g/mol. The van der Waals surface area contributed by atoms with Crippen LogP contribution in [0.5, 0.6) is 0 Å². The molecule has 2 aromatic heterocycles. The first-order valence-corrected chi connectivity index (χ1v) is 11.4. The number of fused-ring (bicyclic) bond motifs is 2. The van der Waals surface area contributed by atoms with Crippen LogP contribution in [-0.2, 0) is 0 Å². The van der Waals surface area contributed by atoms with Gasteiger partial charge >= 0.3 is 0 Å². The summed E-state index contributed by atoms with van der Waals surface area (Å²) in [4.78, 5) is 41.4. The zero-order chi connectivity index (χ0) is 23.9. The van der Waals surface area contributed by atoms with Gasteiger partial charge in [-0.2, -0.15) is 0 Å². The minimum Gasteiger partial charge on any atom is -0.269 e. The molecule has 0 bridgehead atoms. The van der Waals surface area contributed by atoms with Gasteiger partial charge in [-0.3, -0.25) is 19.5 Å². The Kier molecular flexibility index (Phi) is 5.08. The van der Waals surface area contributed by atoms with E-state index < -0.39 is 17.9 Å². The molecular formula is C28H17ClN4O2. The number of rotatable bonds is 4. The van der Waals surface area contributed by atoms with E-state index in [2.05, 4.69) is 9.97 Å². The highest BCUT2D eigenvalue weighted by atomic mass is 35.5. The van der Waals surface area contributed by atoms with E-state index in [0.29, 0.717) is 22.4 Å². The van der Waals surface area contributed by atoms with E-state index in [1.807, 2.05) is 60.7 Å². The van der Waals surface area contributed by atoms with Crippen molar-refractivity contribution in [3.05, 3.63) is 125 Å². The second-order valence-corrected chi connectivity index (χ2v) is 8.53. The summed E-state index contributed by atoms with van der Waals surface area (Å²) in [6, 6.07) is 25.4. The number of aromatic nitrogens is 3. The van der Waals surface area contributed by atoms with Gasteiger partial charge in [0.15, 0.2) is 5.15 Å². The maximum Gasteiger partial charge on any atom is 0.262 e. The van der Waals surface area contributed by atoms with Crippen molar-refractivity contribution >= 4 is 34.3 Å². The molecule has 3 aromatic carbocycles. The van der Waals surface area contributed by atoms with Gasteiger partial charge in [-0.15, -0.1) is 0 Å². The van der Waals surface area contributed by atoms with Gasteiger partial charge in [0.25, 0.3) is 11.8 Å². The molecule has 0 N–H and O–H groups in total. The van der Waals surface area contributed by atoms with Crippen LogP contribution in [0, 0.1) is 0 Å². The summed E-state index contributed by atoms with van der Waals surface area (Å²) in [5.41, 5.74) is 4.24. The van der Waals surface area contributed by atoms with Gasteiger partial charge < -0.3 is 0 Å². The van der Waals surface area contributed by atoms with E-state index in [4.69, 9.17) is 16.6 Å². The van der Waals surface area contributed by atoms with Crippen molar-refractivity contribution in [1.29, 1.82) is 0 Å². The number of carbonyl (C=O) groups is 2. The van der Waals surface area contributed by atoms with Crippen LogP contribution in [0.1, 0.15) is 38.0 Å². The number of pyridine rings is 1. The van der Waals surface area contributed by atoms with E-state index in [0.717, 1.165) is 22.2 Å². The van der Waals surface area contributed by atoms with E-state index in [1.54, 1.807) is 24.3 Å². The minimum atomic E-state index is -0.866. The van der Waals surface area contributed by atoms with Gasteiger partial charge in [0.1, 0.15) is 11.7 Å². The average Bonchev–Trinajstić information content (AvgIpc) is 3.15. The van der Waals surface area contributed by atoms with Crippen LogP contribution in [0.4, 0.5) is 0 Å². The highest BCUT2D eigenvalue weighted by Crippen LogP contribution is 2.38. The van der Waals surface area contributed by atoms with Gasteiger partial charge in [-0.05, 0) is 29.8 Å². The van der Waals surface area contributed by atoms with Crippen molar-refractivity contribution in [1.82, 2.24) is 19.9 Å². The fraction of sp³-hybridized carbons (Fsp3) is 0.0357. The predicted molar refractivity (Wildman–Crippen MR) is 133 cm³/mol. The summed E-state index contributed by atoms with van der Waals surface area (Å²) < 4.78 is 0. The summed E-state index contributed by atoms with van der Waals surface area (Å²) in [6.07, 6.45) is 2.97. The Morgan fingerprint density at radius 2 is 1.40 bits per heavy atom. The Morgan fingerprint density at radius 1 is 0.743 bits per heavy atom. The van der Waals surface area contributed by atoms with E-state index in [-0.39, 0.29) is 5.15 Å². The molecule has 0 saturated heterocycles. The lowest BCUT2D eigenvalue weighted by Gasteiger charge is -2.26. The number of halogens is 1. The molecule has 3 heterocycles. The van der Waals surface area contributed by atoms with Gasteiger partial charge in [0, 0.05) is 23.3 Å². The van der Waals surface area contributed by atoms with Crippen molar-refractivity contribution in [2.75, 3.05) is 0 Å². The number of carbonyl (C=O) groups excluding carboxylic acids is 2. The normalized spacial score (nSPS) is 13.8. The SMILES string of the molecule is O=C1c2ccccc2C(=O)N1[C@@H](c1ccc2ccc(-c3ccccc3)nc2c1)c1nccnc1Cl. The summed E-state index contributed by atoms with van der Waals surface area (Å²) in [7, 11) is 0. The van der Waals surface area contributed by atoms with Gasteiger partial charge in [-0.25, -0.2) is 9.97 Å². The lowest BCUT2D eigenvalue weighted by molar-refractivity contribution is 0.0606. The molecule has 1 aliphatic rings. The molecule has 0 fully saturated rings. The molecule has 35 heavy (non-hydrogen) atoms. The number of hydrogen-bond acceptors (Lipinski definition) is 5. The highest BCUT2D eigenvalue weighted by molar-refractivity contribution is 6.30. The van der Waals surface area contributed by atoms with Crippen LogP contribution in [-0.4, -0.2) is 31.7 Å². The van der Waals surface area contributed by atoms with Crippen LogP contribution in [0.2, 0.25) is 5.15 Å². The van der Waals surface area contributed by atoms with Crippen molar-refractivity contribution < 1.29 is 9.59 Å². The molecule has 0 saturated carbocycles. The number of amides is 2. The van der Waals surface area contributed by atoms with Crippen molar-refractivity contribution in [3.63, 3.8) is 0 Å². The monoisotopic (exact) mass is 476 g/mol. The van der Waals surface area contributed by atoms with Gasteiger partial charge in [0.05, 0.1) is 22.3 Å². The quantitative estimate of drug-likeness (QED) is 0.309. The summed E-state index contributed by atoms with van der Waals surface area (Å²) >= 11 is 6.44. The molecule has 6 rings (SSSR count). The van der Waals surface area contributed by atoms with Crippen LogP contribution in [0.15, 0.2) is 97.3 Å². The maximum absolute atomic E-state index is 13.4. The number of imide groups is 1. The first-order valence-electron chi connectivity index (χ1n) is 11.0. The zero-order valence-corrected chi connectivity index (χ0v) is 19.1. The van der Waals surface area contributed by atoms with E-state index in [1.165, 1.54) is 17.3 Å². The number of nitrogens with zero attached hydrogens (tertiary/aromatic N) is 4. The third kappa shape index (κ3) is 3.55. The smallest absolute Gasteiger partial charge is 0.262 e. The molecule has 0 spiro atoms. The molecule has 0 aliphatic carbocycles. The molecular weight excluding hydrogens is 460 g/mol. The Morgan fingerprint density at radius 3 is 2.11 bits per heavy atom. The molecule has 5 aromatic rings. The molecule has 7 heteroatoms. The van der Waals surface area contributed by atoms with Gasteiger partial charge in [0.2, 0.25) is 0 Å². The topological polar surface area (TPSA) is 76.1 Å². The lowest BCUT2D eigenvalue weighted by Crippen LogP contribution is -2.35. The Balaban J connectivity index is 1.53. The van der Waals surface area contributed by atoms with Crippen LogP contribution >= 0.6 is 11.6 Å². The second kappa shape index (κ2) is 8.42. The summed E-state index contributed by atoms with van der Waals surface area (Å²) in [6.45, 7) is 0. The van der Waals surface area contributed by atoms with Crippen molar-refractivity contribution in [3.8, 4) is 11.3 Å². The van der Waals surface area contributed by atoms with Gasteiger partial charge in [-0.1, -0.05) is 72.3 Å². The summed E-state index contributed by atoms with van der Waals surface area (Å²) in [5, 5.41) is 1.06. The number of benzene rings is 3. The molecule has 0 unspecified atom stereocenters. The van der Waals surface area contributed by atoms with Crippen molar-refractivity contribution in [2.24, 2.45) is 0 Å². The predicted octanol–water partition coefficient (Wildman–Crippen LogP) is 5.73. The second-order valence-electron chi connectivity index (χ2n) is 8.18. The number of hydrogen-bond donors (Lipinski definition) is 0. The molecule has 1 aliphatic heterocycles. The molecule has 1 atom stereocenters. The first kappa shape index (κ1) is 21.1. The maximum atomic E-state index is 13.4. The molecule has 0 radical (unpaired) electrons. The Bertz CT molecular complexity index is 1590. The third-order valence-electron chi connectivity index (χ3n) is 6.12. The molecule has 6 nitrogen and oxygen atoms in total. The molecule has 168 valence electrons. The zero-order valence-electron chi connectivity index (χ0n) is 18.3.